The molecule has 0 spiro atoms. The quantitative estimate of drug-likeness (QED) is 0.486. The van der Waals surface area contributed by atoms with E-state index in [-0.39, 0.29) is 13.2 Å². The Morgan fingerprint density at radius 3 is 1.78 bits per heavy atom. The number of esters is 2. The van der Waals surface area contributed by atoms with Crippen LogP contribution >= 0.6 is 0 Å². The van der Waals surface area contributed by atoms with Gasteiger partial charge in [-0.2, -0.15) is 0 Å². The highest BCUT2D eigenvalue weighted by Gasteiger charge is 2.36. The van der Waals surface area contributed by atoms with Gasteiger partial charge in [-0.25, -0.2) is 0 Å². The maximum Gasteiger partial charge on any atom is 0.328 e. The van der Waals surface area contributed by atoms with Crippen molar-refractivity contribution in [2.75, 3.05) is 19.8 Å². The smallest absolute Gasteiger partial charge is 0.328 e. The largest absolute Gasteiger partial charge is 0.465 e. The van der Waals surface area contributed by atoms with Crippen LogP contribution in [0.5, 0.6) is 0 Å². The van der Waals surface area contributed by atoms with Crippen molar-refractivity contribution < 1.29 is 28.7 Å². The lowest BCUT2D eigenvalue weighted by Crippen LogP contribution is -2.40. The molecule has 7 nitrogen and oxygen atoms in total. The fourth-order valence-electron chi connectivity index (χ4n) is 1.12. The molecule has 0 rings (SSSR count). The van der Waals surface area contributed by atoms with Gasteiger partial charge in [0.25, 0.3) is 0 Å². The minimum atomic E-state index is -1.64. The lowest BCUT2D eigenvalue weighted by atomic mass is 10.0. The molecule has 102 valence electrons. The minimum absolute atomic E-state index is 0.0438. The number of hydrogen-bond donors (Lipinski definition) is 1. The average molecular weight is 259 g/mol. The van der Waals surface area contributed by atoms with E-state index in [0.29, 0.717) is 0 Å². The number of carbonyl (C=O) groups is 4. The first kappa shape index (κ1) is 16.1. The van der Waals surface area contributed by atoms with Crippen molar-refractivity contribution in [3.63, 3.8) is 0 Å². The average Bonchev–Trinajstić information content (AvgIpc) is 2.27. The molecule has 7 heteroatoms. The zero-order chi connectivity index (χ0) is 14.1. The maximum absolute atomic E-state index is 11.7. The molecule has 1 amide bonds. The fourth-order valence-corrected chi connectivity index (χ4v) is 1.12. The molecule has 0 saturated heterocycles. The fraction of sp³-hybridized carbons (Fsp3) is 0.636. The third-order valence-electron chi connectivity index (χ3n) is 1.88. The third kappa shape index (κ3) is 5.42. The summed E-state index contributed by atoms with van der Waals surface area (Å²) in [5.41, 5.74) is 0. The van der Waals surface area contributed by atoms with Crippen LogP contribution in [0.1, 0.15) is 20.8 Å². The summed E-state index contributed by atoms with van der Waals surface area (Å²) in [5.74, 6) is -4.77. The van der Waals surface area contributed by atoms with Gasteiger partial charge >= 0.3 is 11.9 Å². The number of Topliss-reactive ketones (excluding diaryl/α,β-unsaturated/α-hetero) is 1. The first-order valence-electron chi connectivity index (χ1n) is 5.54. The molecule has 0 fully saturated rings. The highest BCUT2D eigenvalue weighted by molar-refractivity contribution is 6.15. The minimum Gasteiger partial charge on any atom is -0.465 e. The van der Waals surface area contributed by atoms with E-state index in [1.165, 1.54) is 6.92 Å². The van der Waals surface area contributed by atoms with Crippen molar-refractivity contribution in [2.24, 2.45) is 5.92 Å². The Bertz CT molecular complexity index is 320. The molecule has 0 heterocycles. The number of carbonyl (C=O) groups excluding carboxylic acids is 4. The molecule has 0 aromatic rings. The Kier molecular flexibility index (Phi) is 7.34. The molecule has 0 aliphatic carbocycles. The summed E-state index contributed by atoms with van der Waals surface area (Å²) in [4.78, 5) is 45.3. The van der Waals surface area contributed by atoms with Crippen LogP contribution in [0, 0.1) is 5.92 Å². The van der Waals surface area contributed by atoms with Crippen LogP contribution in [-0.4, -0.2) is 43.4 Å². The Balaban J connectivity index is 4.74. The van der Waals surface area contributed by atoms with Crippen molar-refractivity contribution in [1.82, 2.24) is 5.32 Å². The second-order valence-electron chi connectivity index (χ2n) is 3.31. The first-order valence-corrected chi connectivity index (χ1v) is 5.54. The molecule has 0 aliphatic rings. The summed E-state index contributed by atoms with van der Waals surface area (Å²) in [6, 6.07) is 0. The van der Waals surface area contributed by atoms with Gasteiger partial charge in [0.2, 0.25) is 11.8 Å². The van der Waals surface area contributed by atoms with Gasteiger partial charge < -0.3 is 14.8 Å². The van der Waals surface area contributed by atoms with Gasteiger partial charge in [0, 0.05) is 6.92 Å². The van der Waals surface area contributed by atoms with Gasteiger partial charge in [-0.15, -0.1) is 0 Å². The van der Waals surface area contributed by atoms with E-state index in [0.717, 1.165) is 0 Å². The van der Waals surface area contributed by atoms with E-state index in [4.69, 9.17) is 0 Å². The number of hydrogen-bond acceptors (Lipinski definition) is 6. The van der Waals surface area contributed by atoms with E-state index in [9.17, 15) is 19.2 Å². The number of nitrogens with one attached hydrogen (secondary N) is 1. The van der Waals surface area contributed by atoms with Crippen molar-refractivity contribution in [1.29, 1.82) is 0 Å². The van der Waals surface area contributed by atoms with E-state index < -0.39 is 36.1 Å². The Morgan fingerprint density at radius 1 is 1.00 bits per heavy atom. The third-order valence-corrected chi connectivity index (χ3v) is 1.88. The summed E-state index contributed by atoms with van der Waals surface area (Å²) in [6.07, 6.45) is 0. The molecule has 0 unspecified atom stereocenters. The molecule has 0 radical (unpaired) electrons. The Labute approximate surface area is 105 Å². The summed E-state index contributed by atoms with van der Waals surface area (Å²) >= 11 is 0. The molecule has 0 aliphatic heterocycles. The Morgan fingerprint density at radius 2 is 1.44 bits per heavy atom. The number of ether oxygens (including phenoxy) is 2. The predicted molar refractivity (Wildman–Crippen MR) is 60.4 cm³/mol. The van der Waals surface area contributed by atoms with Crippen LogP contribution in [0.4, 0.5) is 0 Å². The summed E-state index contributed by atoms with van der Waals surface area (Å²) in [5, 5.41) is 2.22. The molecule has 0 atom stereocenters. The molecule has 0 saturated carbocycles. The van der Waals surface area contributed by atoms with Gasteiger partial charge in [0.15, 0.2) is 5.78 Å². The Hall–Kier alpha value is -1.92. The van der Waals surface area contributed by atoms with Crippen LogP contribution in [-0.2, 0) is 28.7 Å². The second-order valence-corrected chi connectivity index (χ2v) is 3.31. The zero-order valence-corrected chi connectivity index (χ0v) is 10.6. The monoisotopic (exact) mass is 259 g/mol. The van der Waals surface area contributed by atoms with Crippen molar-refractivity contribution in [3.8, 4) is 0 Å². The van der Waals surface area contributed by atoms with Crippen LogP contribution in [0.3, 0.4) is 0 Å². The van der Waals surface area contributed by atoms with Crippen molar-refractivity contribution in [3.05, 3.63) is 0 Å². The van der Waals surface area contributed by atoms with E-state index in [1.807, 2.05) is 0 Å². The second kappa shape index (κ2) is 8.21. The van der Waals surface area contributed by atoms with Crippen LogP contribution in [0.2, 0.25) is 0 Å². The first-order chi connectivity index (χ1) is 8.43. The summed E-state index contributed by atoms with van der Waals surface area (Å²) in [7, 11) is 0. The molecule has 0 aromatic carbocycles. The van der Waals surface area contributed by atoms with Crippen LogP contribution in [0.15, 0.2) is 0 Å². The molecular weight excluding hydrogens is 242 g/mol. The zero-order valence-electron chi connectivity index (χ0n) is 10.6. The van der Waals surface area contributed by atoms with Crippen LogP contribution in [0.25, 0.3) is 0 Å². The van der Waals surface area contributed by atoms with Gasteiger partial charge in [-0.05, 0) is 13.8 Å². The van der Waals surface area contributed by atoms with Gasteiger partial charge in [0.1, 0.15) is 0 Å². The maximum atomic E-state index is 11.7. The van der Waals surface area contributed by atoms with E-state index in [2.05, 4.69) is 14.8 Å². The molecule has 1 N–H and O–H groups in total. The molecule has 0 bridgehead atoms. The topological polar surface area (TPSA) is 98.8 Å². The van der Waals surface area contributed by atoms with Gasteiger partial charge in [0.05, 0.1) is 19.8 Å². The van der Waals surface area contributed by atoms with Gasteiger partial charge in [-0.3, -0.25) is 19.2 Å². The number of ketones is 1. The molecule has 0 aromatic heterocycles. The normalized spacial score (nSPS) is 9.78. The van der Waals surface area contributed by atoms with E-state index >= 15 is 0 Å². The number of amides is 1. The highest BCUT2D eigenvalue weighted by atomic mass is 16.6. The standard InChI is InChI=1S/C11H17NO6/c1-4-17-10(15)9(11(16)18-5-2)8(14)6-12-7(3)13/h9H,4-6H2,1-3H3,(H,12,13). The predicted octanol–water partition coefficient (Wildman–Crippen LogP) is -0.566. The van der Waals surface area contributed by atoms with Gasteiger partial charge in [-0.1, -0.05) is 0 Å². The summed E-state index contributed by atoms with van der Waals surface area (Å²) < 4.78 is 9.25. The SMILES string of the molecule is CCOC(=O)C(C(=O)CNC(C)=O)C(=O)OCC. The highest BCUT2D eigenvalue weighted by Crippen LogP contribution is 2.05. The van der Waals surface area contributed by atoms with Crippen molar-refractivity contribution in [2.45, 2.75) is 20.8 Å². The lowest BCUT2D eigenvalue weighted by Gasteiger charge is -2.13. The molecule has 18 heavy (non-hydrogen) atoms. The van der Waals surface area contributed by atoms with E-state index in [1.54, 1.807) is 13.8 Å². The molecular formula is C11H17NO6. The van der Waals surface area contributed by atoms with Crippen molar-refractivity contribution >= 4 is 23.6 Å². The lowest BCUT2D eigenvalue weighted by molar-refractivity contribution is -0.164. The van der Waals surface area contributed by atoms with Crippen LogP contribution < -0.4 is 5.32 Å². The number of rotatable bonds is 7. The summed E-state index contributed by atoms with van der Waals surface area (Å²) in [6.45, 7) is 4.00.